The third kappa shape index (κ3) is 4.64. The summed E-state index contributed by atoms with van der Waals surface area (Å²) in [4.78, 5) is 22.8. The molecule has 6 heteroatoms. The van der Waals surface area contributed by atoms with Crippen molar-refractivity contribution in [1.82, 2.24) is 9.97 Å². The minimum atomic E-state index is -0.468. The average Bonchev–Trinajstić information content (AvgIpc) is 2.85. The van der Waals surface area contributed by atoms with Crippen LogP contribution in [0.2, 0.25) is 0 Å². The zero-order valence-corrected chi connectivity index (χ0v) is 23.7. The first-order chi connectivity index (χ1) is 17.2. The van der Waals surface area contributed by atoms with Crippen molar-refractivity contribution in [2.45, 2.75) is 71.1 Å². The molecule has 36 heavy (non-hydrogen) atoms. The molecule has 0 unspecified atom stereocenters. The van der Waals surface area contributed by atoms with Crippen molar-refractivity contribution in [2.75, 3.05) is 10.6 Å². The van der Waals surface area contributed by atoms with Crippen LogP contribution in [0.3, 0.4) is 0 Å². The largest absolute Gasteiger partial charge is 0.340 e. The van der Waals surface area contributed by atoms with Crippen LogP contribution in [-0.4, -0.2) is 15.9 Å². The van der Waals surface area contributed by atoms with E-state index in [1.807, 2.05) is 30.3 Å². The van der Waals surface area contributed by atoms with Crippen LogP contribution in [0.15, 0.2) is 54.7 Å². The topological polar surface area (TPSA) is 66.9 Å². The normalized spacial score (nSPS) is 25.1. The van der Waals surface area contributed by atoms with Gasteiger partial charge >= 0.3 is 0 Å². The number of carbonyl (C=O) groups excluding carboxylic acids is 1. The molecule has 2 N–H and O–H groups in total. The lowest BCUT2D eigenvalue weighted by atomic mass is 9.49. The highest BCUT2D eigenvalue weighted by Crippen LogP contribution is 2.57. The van der Waals surface area contributed by atoms with Crippen LogP contribution in [0.1, 0.15) is 76.0 Å². The van der Waals surface area contributed by atoms with Crippen molar-refractivity contribution in [3.63, 3.8) is 0 Å². The van der Waals surface area contributed by atoms with Crippen molar-refractivity contribution in [3.8, 4) is 0 Å². The molecule has 3 aromatic rings. The number of aryl methyl sites for hydroxylation is 1. The molecule has 188 valence electrons. The Morgan fingerprint density at radius 2 is 1.86 bits per heavy atom. The molecule has 2 aromatic carbocycles. The summed E-state index contributed by atoms with van der Waals surface area (Å²) in [5.74, 6) is 1.85. The second kappa shape index (κ2) is 9.77. The first-order valence-electron chi connectivity index (χ1n) is 13.0. The fourth-order valence-electron chi connectivity index (χ4n) is 6.56. The number of benzene rings is 2. The fraction of sp³-hybridized carbons (Fsp3) is 0.433. The van der Waals surface area contributed by atoms with Crippen molar-refractivity contribution in [3.05, 3.63) is 75.0 Å². The summed E-state index contributed by atoms with van der Waals surface area (Å²) in [5.41, 5.74) is 4.81. The molecule has 2 aliphatic carbocycles. The minimum absolute atomic E-state index is 0.00250. The number of fused-ring (bicyclic) bond motifs is 3. The van der Waals surface area contributed by atoms with E-state index >= 15 is 0 Å². The van der Waals surface area contributed by atoms with E-state index in [0.29, 0.717) is 17.7 Å². The number of hydrogen-bond acceptors (Lipinski definition) is 4. The number of halogens is 1. The van der Waals surface area contributed by atoms with Gasteiger partial charge in [-0.3, -0.25) is 10.1 Å². The summed E-state index contributed by atoms with van der Waals surface area (Å²) in [6.07, 6.45) is 6.81. The van der Waals surface area contributed by atoms with Crippen LogP contribution in [0.4, 0.5) is 17.5 Å². The van der Waals surface area contributed by atoms with Gasteiger partial charge in [0.15, 0.2) is 0 Å². The quantitative estimate of drug-likeness (QED) is 0.299. The molecule has 1 fully saturated rings. The third-order valence-electron chi connectivity index (χ3n) is 8.56. The Kier molecular flexibility index (Phi) is 6.83. The Hall–Kier alpha value is -2.48. The molecule has 0 saturated heterocycles. The lowest BCUT2D eigenvalue weighted by Gasteiger charge is -2.54. The van der Waals surface area contributed by atoms with Crippen LogP contribution in [0, 0.1) is 14.9 Å². The molecule has 5 rings (SSSR count). The standard InChI is InChI=1S/C30H35IN4O/c1-19(2)20-6-12-24-21(18-20)7-13-25-29(24,3)15-5-16-30(25,4)27(36)35-28-32-17-14-26(34-28)33-23-10-8-22(31)9-11-23/h6,8-12,14,17-19,25H,5,7,13,15-16H2,1-4H3,(H2,32,33,34,35,36)/t25-,29-,30-/m1/s1. The van der Waals surface area contributed by atoms with Gasteiger partial charge in [-0.15, -0.1) is 0 Å². The number of amides is 1. The van der Waals surface area contributed by atoms with E-state index in [4.69, 9.17) is 0 Å². The predicted molar refractivity (Wildman–Crippen MR) is 155 cm³/mol. The summed E-state index contributed by atoms with van der Waals surface area (Å²) in [6, 6.07) is 17.0. The lowest BCUT2D eigenvalue weighted by molar-refractivity contribution is -0.133. The predicted octanol–water partition coefficient (Wildman–Crippen LogP) is 7.60. The van der Waals surface area contributed by atoms with Crippen LogP contribution in [-0.2, 0) is 16.6 Å². The van der Waals surface area contributed by atoms with Gasteiger partial charge in [-0.2, -0.15) is 4.98 Å². The summed E-state index contributed by atoms with van der Waals surface area (Å²) < 4.78 is 1.17. The first-order valence-corrected chi connectivity index (χ1v) is 14.1. The Balaban J connectivity index is 1.37. The molecular weight excluding hydrogens is 559 g/mol. The minimum Gasteiger partial charge on any atom is -0.340 e. The highest BCUT2D eigenvalue weighted by Gasteiger charge is 2.55. The van der Waals surface area contributed by atoms with Crippen molar-refractivity contribution in [2.24, 2.45) is 11.3 Å². The van der Waals surface area contributed by atoms with Gasteiger partial charge in [0.25, 0.3) is 0 Å². The molecule has 1 heterocycles. The van der Waals surface area contributed by atoms with E-state index in [1.54, 1.807) is 6.20 Å². The van der Waals surface area contributed by atoms with Crippen LogP contribution < -0.4 is 10.6 Å². The number of nitrogens with one attached hydrogen (secondary N) is 2. The number of aromatic nitrogens is 2. The van der Waals surface area contributed by atoms with Gasteiger partial charge in [-0.1, -0.05) is 52.3 Å². The maximum absolute atomic E-state index is 13.8. The average molecular weight is 595 g/mol. The monoisotopic (exact) mass is 594 g/mol. The molecule has 5 nitrogen and oxygen atoms in total. The summed E-state index contributed by atoms with van der Waals surface area (Å²) >= 11 is 2.29. The number of nitrogens with zero attached hydrogens (tertiary/aromatic N) is 2. The van der Waals surface area contributed by atoms with E-state index in [2.05, 4.69) is 89.1 Å². The Morgan fingerprint density at radius 3 is 2.61 bits per heavy atom. The Morgan fingerprint density at radius 1 is 1.08 bits per heavy atom. The molecule has 0 radical (unpaired) electrons. The Bertz CT molecular complexity index is 1270. The number of rotatable bonds is 5. The molecular formula is C30H35IN4O. The SMILES string of the molecule is CC(C)c1ccc2c(c1)CC[C@H]1[C@](C)(C(=O)Nc3nccc(Nc4ccc(I)cc4)n3)CCC[C@]21C. The second-order valence-corrected chi connectivity index (χ2v) is 12.4. The van der Waals surface area contributed by atoms with Crippen molar-refractivity contribution < 1.29 is 4.79 Å². The Labute approximate surface area is 228 Å². The fourth-order valence-corrected chi connectivity index (χ4v) is 6.92. The van der Waals surface area contributed by atoms with E-state index in [-0.39, 0.29) is 17.2 Å². The van der Waals surface area contributed by atoms with Gasteiger partial charge in [-0.25, -0.2) is 4.98 Å². The first kappa shape index (κ1) is 25.2. The zero-order valence-electron chi connectivity index (χ0n) is 21.6. The van der Waals surface area contributed by atoms with Crippen LogP contribution in [0.5, 0.6) is 0 Å². The van der Waals surface area contributed by atoms with Crippen molar-refractivity contribution in [1.29, 1.82) is 0 Å². The van der Waals surface area contributed by atoms with Gasteiger partial charge in [0.2, 0.25) is 11.9 Å². The number of anilines is 3. The molecule has 0 bridgehead atoms. The zero-order chi connectivity index (χ0) is 25.5. The lowest BCUT2D eigenvalue weighted by Crippen LogP contribution is -2.54. The molecule has 2 aliphatic rings. The molecule has 1 saturated carbocycles. The van der Waals surface area contributed by atoms with E-state index in [1.165, 1.54) is 20.3 Å². The molecule has 1 amide bonds. The molecule has 0 aliphatic heterocycles. The van der Waals surface area contributed by atoms with E-state index in [0.717, 1.165) is 37.8 Å². The molecule has 0 spiro atoms. The van der Waals surface area contributed by atoms with Gasteiger partial charge in [-0.05, 0) is 113 Å². The number of hydrogen-bond donors (Lipinski definition) is 2. The molecule has 1 aromatic heterocycles. The van der Waals surface area contributed by atoms with Crippen LogP contribution >= 0.6 is 22.6 Å². The van der Waals surface area contributed by atoms with E-state index in [9.17, 15) is 4.79 Å². The summed E-state index contributed by atoms with van der Waals surface area (Å²) in [5, 5.41) is 6.39. The van der Waals surface area contributed by atoms with E-state index < -0.39 is 5.41 Å². The van der Waals surface area contributed by atoms with Gasteiger partial charge in [0.05, 0.1) is 5.41 Å². The number of carbonyl (C=O) groups is 1. The maximum atomic E-state index is 13.8. The van der Waals surface area contributed by atoms with Gasteiger partial charge in [0, 0.05) is 15.5 Å². The van der Waals surface area contributed by atoms with Gasteiger partial charge in [0.1, 0.15) is 5.82 Å². The van der Waals surface area contributed by atoms with Crippen LogP contribution in [0.25, 0.3) is 0 Å². The second-order valence-electron chi connectivity index (χ2n) is 11.2. The van der Waals surface area contributed by atoms with Gasteiger partial charge < -0.3 is 5.32 Å². The highest BCUT2D eigenvalue weighted by atomic mass is 127. The maximum Gasteiger partial charge on any atom is 0.232 e. The summed E-state index contributed by atoms with van der Waals surface area (Å²) in [6.45, 7) is 9.05. The van der Waals surface area contributed by atoms with Crippen molar-refractivity contribution >= 4 is 46.0 Å². The molecule has 3 atom stereocenters. The smallest absolute Gasteiger partial charge is 0.232 e. The summed E-state index contributed by atoms with van der Waals surface area (Å²) in [7, 11) is 0. The highest BCUT2D eigenvalue weighted by molar-refractivity contribution is 14.1. The third-order valence-corrected chi connectivity index (χ3v) is 9.28.